The molecule has 0 radical (unpaired) electrons. The number of carbonyl (C=O) groups excluding carboxylic acids is 1. The van der Waals surface area contributed by atoms with Crippen LogP contribution in [0.2, 0.25) is 10.0 Å². The molecule has 20 heavy (non-hydrogen) atoms. The summed E-state index contributed by atoms with van der Waals surface area (Å²) in [4.78, 5) is 13.5. The minimum atomic E-state index is -3.62. The van der Waals surface area contributed by atoms with Gasteiger partial charge < -0.3 is 4.90 Å². The van der Waals surface area contributed by atoms with Gasteiger partial charge in [0.1, 0.15) is 0 Å². The Kier molecular flexibility index (Phi) is 4.54. The van der Waals surface area contributed by atoms with E-state index in [2.05, 4.69) is 0 Å². The number of nitrogens with zero attached hydrogens (tertiary/aromatic N) is 1. The number of hydrogen-bond donors (Lipinski definition) is 0. The first-order chi connectivity index (χ1) is 9.17. The number of aryl methyl sites for hydroxylation is 1. The molecule has 0 N–H and O–H groups in total. The van der Waals surface area contributed by atoms with Crippen LogP contribution in [0.15, 0.2) is 12.1 Å². The van der Waals surface area contributed by atoms with E-state index in [1.54, 1.807) is 12.1 Å². The van der Waals surface area contributed by atoms with E-state index in [4.69, 9.17) is 33.9 Å². The maximum atomic E-state index is 12.0. The number of carbonyl (C=O) groups is 1. The normalized spacial score (nSPS) is 19.7. The first-order valence-electron chi connectivity index (χ1n) is 5.85. The first-order valence-corrected chi connectivity index (χ1v) is 9.09. The molecule has 2 rings (SSSR count). The van der Waals surface area contributed by atoms with Gasteiger partial charge in [-0.15, -0.1) is 0 Å². The zero-order valence-corrected chi connectivity index (χ0v) is 13.7. The van der Waals surface area contributed by atoms with Gasteiger partial charge in [-0.3, -0.25) is 4.79 Å². The molecule has 0 aliphatic carbocycles. The second kappa shape index (κ2) is 5.72. The van der Waals surface area contributed by atoms with Crippen molar-refractivity contribution in [1.29, 1.82) is 0 Å². The van der Waals surface area contributed by atoms with Crippen molar-refractivity contribution in [3.8, 4) is 0 Å². The van der Waals surface area contributed by atoms with Crippen molar-refractivity contribution in [1.82, 2.24) is 0 Å². The van der Waals surface area contributed by atoms with E-state index in [0.29, 0.717) is 15.7 Å². The lowest BCUT2D eigenvalue weighted by Gasteiger charge is -2.19. The minimum Gasteiger partial charge on any atom is -0.311 e. The van der Waals surface area contributed by atoms with E-state index in [-0.39, 0.29) is 30.5 Å². The van der Waals surface area contributed by atoms with Crippen LogP contribution in [-0.4, -0.2) is 26.6 Å². The van der Waals surface area contributed by atoms with Gasteiger partial charge in [0.05, 0.1) is 16.5 Å². The lowest BCUT2D eigenvalue weighted by atomic mass is 10.1. The van der Waals surface area contributed by atoms with Gasteiger partial charge in [0.15, 0.2) is 0 Å². The molecule has 1 amide bonds. The number of hydrogen-bond acceptors (Lipinski definition) is 3. The second-order valence-corrected chi connectivity index (χ2v) is 8.47. The third-order valence-electron chi connectivity index (χ3n) is 3.16. The highest BCUT2D eigenvalue weighted by atomic mass is 35.7. The SMILES string of the molecule is Cc1cc(N2CC(CS(=O)(=O)Cl)CC2=O)c(Cl)cc1Cl. The second-order valence-electron chi connectivity index (χ2n) is 4.83. The van der Waals surface area contributed by atoms with Gasteiger partial charge in [-0.1, -0.05) is 23.2 Å². The van der Waals surface area contributed by atoms with Crippen LogP contribution in [0.5, 0.6) is 0 Å². The molecule has 0 saturated carbocycles. The highest BCUT2D eigenvalue weighted by molar-refractivity contribution is 8.13. The molecular formula is C12H12Cl3NO3S. The van der Waals surface area contributed by atoms with Crippen molar-refractivity contribution >= 4 is 54.5 Å². The molecule has 1 fully saturated rings. The topological polar surface area (TPSA) is 54.5 Å². The Morgan fingerprint density at radius 1 is 1.30 bits per heavy atom. The number of benzene rings is 1. The number of amides is 1. The summed E-state index contributed by atoms with van der Waals surface area (Å²) in [5.41, 5.74) is 1.35. The molecule has 1 aliphatic rings. The summed E-state index contributed by atoms with van der Waals surface area (Å²) < 4.78 is 22.2. The van der Waals surface area contributed by atoms with Gasteiger partial charge in [0.25, 0.3) is 0 Å². The molecule has 1 aromatic rings. The Labute approximate surface area is 132 Å². The maximum Gasteiger partial charge on any atom is 0.232 e. The molecule has 1 saturated heterocycles. The summed E-state index contributed by atoms with van der Waals surface area (Å²) in [6.45, 7) is 2.09. The van der Waals surface area contributed by atoms with Crippen molar-refractivity contribution in [2.24, 2.45) is 5.92 Å². The van der Waals surface area contributed by atoms with Gasteiger partial charge >= 0.3 is 0 Å². The Morgan fingerprint density at radius 2 is 1.95 bits per heavy atom. The fourth-order valence-electron chi connectivity index (χ4n) is 2.26. The summed E-state index contributed by atoms with van der Waals surface area (Å²) in [5.74, 6) is -0.711. The van der Waals surface area contributed by atoms with Crippen molar-refractivity contribution in [2.45, 2.75) is 13.3 Å². The molecular weight excluding hydrogens is 345 g/mol. The zero-order valence-electron chi connectivity index (χ0n) is 10.6. The molecule has 0 bridgehead atoms. The van der Waals surface area contributed by atoms with Crippen molar-refractivity contribution in [3.05, 3.63) is 27.7 Å². The molecule has 0 aromatic heterocycles. The lowest BCUT2D eigenvalue weighted by Crippen LogP contribution is -2.25. The van der Waals surface area contributed by atoms with Crippen LogP contribution in [0.3, 0.4) is 0 Å². The van der Waals surface area contributed by atoms with E-state index in [1.807, 2.05) is 6.92 Å². The van der Waals surface area contributed by atoms with Crippen LogP contribution < -0.4 is 4.90 Å². The van der Waals surface area contributed by atoms with Crippen molar-refractivity contribution < 1.29 is 13.2 Å². The van der Waals surface area contributed by atoms with Crippen LogP contribution in [-0.2, 0) is 13.8 Å². The van der Waals surface area contributed by atoms with Crippen LogP contribution in [0.25, 0.3) is 0 Å². The van der Waals surface area contributed by atoms with Gasteiger partial charge in [0, 0.05) is 34.6 Å². The molecule has 1 aromatic carbocycles. The predicted octanol–water partition coefficient (Wildman–Crippen LogP) is 3.22. The highest BCUT2D eigenvalue weighted by Crippen LogP contribution is 2.35. The predicted molar refractivity (Wildman–Crippen MR) is 81.3 cm³/mol. The van der Waals surface area contributed by atoms with Gasteiger partial charge in [0.2, 0.25) is 15.0 Å². The quantitative estimate of drug-likeness (QED) is 0.781. The molecule has 110 valence electrons. The average Bonchev–Trinajstić information content (AvgIpc) is 2.62. The van der Waals surface area contributed by atoms with Crippen LogP contribution in [0.4, 0.5) is 5.69 Å². The lowest BCUT2D eigenvalue weighted by molar-refractivity contribution is -0.117. The summed E-state index contributed by atoms with van der Waals surface area (Å²) in [6.07, 6.45) is 0.143. The van der Waals surface area contributed by atoms with Gasteiger partial charge in [-0.05, 0) is 24.6 Å². The fraction of sp³-hybridized carbons (Fsp3) is 0.417. The molecule has 1 heterocycles. The molecule has 4 nitrogen and oxygen atoms in total. The number of rotatable bonds is 3. The number of anilines is 1. The Morgan fingerprint density at radius 3 is 2.55 bits per heavy atom. The van der Waals surface area contributed by atoms with Crippen LogP contribution in [0.1, 0.15) is 12.0 Å². The maximum absolute atomic E-state index is 12.0. The molecule has 1 atom stereocenters. The van der Waals surface area contributed by atoms with E-state index < -0.39 is 9.05 Å². The summed E-state index contributed by atoms with van der Waals surface area (Å²) in [5, 5.41) is 0.883. The first kappa shape index (κ1) is 15.9. The van der Waals surface area contributed by atoms with E-state index in [1.165, 1.54) is 4.90 Å². The van der Waals surface area contributed by atoms with Crippen molar-refractivity contribution in [2.75, 3.05) is 17.2 Å². The largest absolute Gasteiger partial charge is 0.311 e. The van der Waals surface area contributed by atoms with Crippen LogP contribution >= 0.6 is 33.9 Å². The fourth-order valence-corrected chi connectivity index (χ4v) is 4.06. The monoisotopic (exact) mass is 355 g/mol. The van der Waals surface area contributed by atoms with Gasteiger partial charge in [-0.2, -0.15) is 0 Å². The average molecular weight is 357 g/mol. The molecule has 0 spiro atoms. The van der Waals surface area contributed by atoms with Crippen LogP contribution in [0, 0.1) is 12.8 Å². The Balaban J connectivity index is 2.26. The molecule has 1 unspecified atom stereocenters. The highest BCUT2D eigenvalue weighted by Gasteiger charge is 2.34. The van der Waals surface area contributed by atoms with Crippen molar-refractivity contribution in [3.63, 3.8) is 0 Å². The molecule has 1 aliphatic heterocycles. The standard InChI is InChI=1S/C12H12Cl3NO3S/c1-7-2-11(10(14)4-9(7)13)16-5-8(3-12(16)17)6-20(15,18)19/h2,4,8H,3,5-6H2,1H3. The zero-order chi connectivity index (χ0) is 15.1. The van der Waals surface area contributed by atoms with E-state index in [0.717, 1.165) is 5.56 Å². The third-order valence-corrected chi connectivity index (χ3v) is 5.12. The smallest absolute Gasteiger partial charge is 0.232 e. The molecule has 8 heteroatoms. The minimum absolute atomic E-state index is 0.143. The van der Waals surface area contributed by atoms with E-state index in [9.17, 15) is 13.2 Å². The van der Waals surface area contributed by atoms with Gasteiger partial charge in [-0.25, -0.2) is 8.42 Å². The van der Waals surface area contributed by atoms with E-state index >= 15 is 0 Å². The number of halogens is 3. The Hall–Kier alpha value is -0.490. The summed E-state index contributed by atoms with van der Waals surface area (Å²) in [7, 11) is 1.61. The Bertz CT molecular complexity index is 660. The summed E-state index contributed by atoms with van der Waals surface area (Å²) >= 11 is 12.1. The third kappa shape index (κ3) is 3.58. The summed E-state index contributed by atoms with van der Waals surface area (Å²) in [6, 6.07) is 3.30.